The van der Waals surface area contributed by atoms with E-state index >= 15 is 0 Å². The van der Waals surface area contributed by atoms with Crippen LogP contribution in [0.1, 0.15) is 24.1 Å². The fourth-order valence-electron chi connectivity index (χ4n) is 3.17. The molecule has 1 N–H and O–H groups in total. The molecule has 3 amide bonds. The molecular weight excluding hydrogens is 312 g/mol. The van der Waals surface area contributed by atoms with Gasteiger partial charge in [-0.15, -0.1) is 11.3 Å². The zero-order valence-electron chi connectivity index (χ0n) is 12.9. The number of allylic oxidation sites excluding steroid dienone is 2. The minimum absolute atomic E-state index is 0.115. The van der Waals surface area contributed by atoms with Crippen molar-refractivity contribution in [1.29, 1.82) is 0 Å². The monoisotopic (exact) mass is 332 g/mol. The van der Waals surface area contributed by atoms with E-state index in [9.17, 15) is 14.4 Å². The number of fused-ring (bicyclic) bond motifs is 1. The lowest BCUT2D eigenvalue weighted by molar-refractivity contribution is -0.140. The molecule has 2 atom stereocenters. The number of carbonyl (C=O) groups is 3. The van der Waals surface area contributed by atoms with Crippen molar-refractivity contribution in [2.24, 2.45) is 11.8 Å². The van der Waals surface area contributed by atoms with Gasteiger partial charge in [-0.1, -0.05) is 18.2 Å². The van der Waals surface area contributed by atoms with Crippen LogP contribution in [0.3, 0.4) is 0 Å². The Morgan fingerprint density at radius 2 is 1.91 bits per heavy atom. The summed E-state index contributed by atoms with van der Waals surface area (Å²) in [5.41, 5.74) is 0. The SMILES string of the molecule is O=C(CCN1C(=O)[C@@H]2CC=CC[C@H]2C1=O)NCCc1cccs1. The Hall–Kier alpha value is -1.95. The quantitative estimate of drug-likeness (QED) is 0.637. The number of imide groups is 1. The first-order valence-electron chi connectivity index (χ1n) is 7.96. The molecule has 1 aliphatic heterocycles. The van der Waals surface area contributed by atoms with Crippen LogP contribution in [-0.4, -0.2) is 35.7 Å². The summed E-state index contributed by atoms with van der Waals surface area (Å²) in [6, 6.07) is 4.02. The van der Waals surface area contributed by atoms with Gasteiger partial charge in [0.15, 0.2) is 0 Å². The predicted octanol–water partition coefficient (Wildman–Crippen LogP) is 1.75. The Balaban J connectivity index is 1.43. The smallest absolute Gasteiger partial charge is 0.233 e. The zero-order valence-corrected chi connectivity index (χ0v) is 13.7. The van der Waals surface area contributed by atoms with E-state index in [0.29, 0.717) is 19.4 Å². The van der Waals surface area contributed by atoms with Crippen molar-refractivity contribution in [3.05, 3.63) is 34.5 Å². The lowest BCUT2D eigenvalue weighted by Gasteiger charge is -2.14. The third-order valence-electron chi connectivity index (χ3n) is 4.43. The molecule has 0 spiro atoms. The van der Waals surface area contributed by atoms with Crippen LogP contribution >= 0.6 is 11.3 Å². The Kier molecular flexibility index (Phi) is 4.91. The highest BCUT2D eigenvalue weighted by Crippen LogP contribution is 2.34. The van der Waals surface area contributed by atoms with E-state index in [2.05, 4.69) is 5.32 Å². The highest BCUT2D eigenvalue weighted by Gasteiger charge is 2.46. The van der Waals surface area contributed by atoms with E-state index in [1.807, 2.05) is 29.7 Å². The van der Waals surface area contributed by atoms with E-state index in [-0.39, 0.29) is 42.5 Å². The molecule has 2 aliphatic rings. The molecule has 1 saturated heterocycles. The molecule has 6 heteroatoms. The second kappa shape index (κ2) is 7.08. The molecule has 1 aromatic rings. The number of nitrogens with one attached hydrogen (secondary N) is 1. The van der Waals surface area contributed by atoms with Crippen molar-refractivity contribution in [3.63, 3.8) is 0 Å². The molecule has 0 aromatic carbocycles. The van der Waals surface area contributed by atoms with E-state index in [1.54, 1.807) is 11.3 Å². The fraction of sp³-hybridized carbons (Fsp3) is 0.471. The van der Waals surface area contributed by atoms with E-state index < -0.39 is 0 Å². The molecule has 3 rings (SSSR count). The third kappa shape index (κ3) is 3.52. The Morgan fingerprint density at radius 3 is 2.52 bits per heavy atom. The first kappa shape index (κ1) is 15.9. The molecule has 0 radical (unpaired) electrons. The van der Waals surface area contributed by atoms with Gasteiger partial charge in [-0.2, -0.15) is 0 Å². The van der Waals surface area contributed by atoms with E-state index in [4.69, 9.17) is 0 Å². The van der Waals surface area contributed by atoms with Gasteiger partial charge in [-0.3, -0.25) is 19.3 Å². The van der Waals surface area contributed by atoms with Crippen molar-refractivity contribution < 1.29 is 14.4 Å². The Morgan fingerprint density at radius 1 is 1.22 bits per heavy atom. The van der Waals surface area contributed by atoms with Gasteiger partial charge >= 0.3 is 0 Å². The molecule has 0 bridgehead atoms. The number of likely N-dealkylation sites (tertiary alicyclic amines) is 1. The second-order valence-corrected chi connectivity index (χ2v) is 6.95. The molecule has 0 unspecified atom stereocenters. The van der Waals surface area contributed by atoms with Crippen LogP contribution < -0.4 is 5.32 Å². The van der Waals surface area contributed by atoms with Crippen molar-refractivity contribution in [1.82, 2.24) is 10.2 Å². The minimum atomic E-state index is -0.214. The van der Waals surface area contributed by atoms with Crippen LogP contribution in [0.2, 0.25) is 0 Å². The van der Waals surface area contributed by atoms with Gasteiger partial charge < -0.3 is 5.32 Å². The van der Waals surface area contributed by atoms with Gasteiger partial charge in [0.05, 0.1) is 11.8 Å². The summed E-state index contributed by atoms with van der Waals surface area (Å²) in [6.45, 7) is 0.770. The Labute approximate surface area is 139 Å². The number of carbonyl (C=O) groups excluding carboxylic acids is 3. The number of hydrogen-bond donors (Lipinski definition) is 1. The molecule has 1 aliphatic carbocycles. The van der Waals surface area contributed by atoms with Crippen molar-refractivity contribution in [3.8, 4) is 0 Å². The van der Waals surface area contributed by atoms with Gasteiger partial charge in [0, 0.05) is 24.4 Å². The number of nitrogens with zero attached hydrogens (tertiary/aromatic N) is 1. The van der Waals surface area contributed by atoms with Crippen LogP contribution in [0.4, 0.5) is 0 Å². The van der Waals surface area contributed by atoms with Crippen LogP contribution in [0, 0.1) is 11.8 Å². The van der Waals surface area contributed by atoms with E-state index in [0.717, 1.165) is 6.42 Å². The highest BCUT2D eigenvalue weighted by atomic mass is 32.1. The number of rotatable bonds is 6. The lowest BCUT2D eigenvalue weighted by Crippen LogP contribution is -2.35. The molecule has 0 saturated carbocycles. The number of hydrogen-bond acceptors (Lipinski definition) is 4. The molecule has 23 heavy (non-hydrogen) atoms. The van der Waals surface area contributed by atoms with Gasteiger partial charge in [0.2, 0.25) is 17.7 Å². The van der Waals surface area contributed by atoms with Gasteiger partial charge in [-0.05, 0) is 30.7 Å². The maximum atomic E-state index is 12.3. The summed E-state index contributed by atoms with van der Waals surface area (Å²) < 4.78 is 0. The second-order valence-electron chi connectivity index (χ2n) is 5.91. The molecule has 5 nitrogen and oxygen atoms in total. The van der Waals surface area contributed by atoms with Gasteiger partial charge in [-0.25, -0.2) is 0 Å². The first-order valence-corrected chi connectivity index (χ1v) is 8.84. The maximum Gasteiger partial charge on any atom is 0.233 e. The maximum absolute atomic E-state index is 12.3. The van der Waals surface area contributed by atoms with Crippen LogP contribution in [0.15, 0.2) is 29.7 Å². The molecule has 1 fully saturated rings. The van der Waals surface area contributed by atoms with Crippen LogP contribution in [0.25, 0.3) is 0 Å². The lowest BCUT2D eigenvalue weighted by atomic mass is 9.85. The summed E-state index contributed by atoms with van der Waals surface area (Å²) in [7, 11) is 0. The minimum Gasteiger partial charge on any atom is -0.356 e. The highest BCUT2D eigenvalue weighted by molar-refractivity contribution is 7.09. The van der Waals surface area contributed by atoms with Crippen molar-refractivity contribution in [2.45, 2.75) is 25.7 Å². The largest absolute Gasteiger partial charge is 0.356 e. The zero-order chi connectivity index (χ0) is 16.2. The Bertz CT molecular complexity index is 598. The van der Waals surface area contributed by atoms with E-state index in [1.165, 1.54) is 9.78 Å². The topological polar surface area (TPSA) is 66.5 Å². The molecular formula is C17H20N2O3S. The van der Waals surface area contributed by atoms with Gasteiger partial charge in [0.25, 0.3) is 0 Å². The van der Waals surface area contributed by atoms with Crippen molar-refractivity contribution in [2.75, 3.05) is 13.1 Å². The summed E-state index contributed by atoms with van der Waals surface area (Å²) in [5.74, 6) is -0.773. The van der Waals surface area contributed by atoms with Crippen LogP contribution in [0.5, 0.6) is 0 Å². The molecule has 122 valence electrons. The first-order chi connectivity index (χ1) is 11.2. The van der Waals surface area contributed by atoms with Gasteiger partial charge in [0.1, 0.15) is 0 Å². The molecule has 1 aromatic heterocycles. The summed E-state index contributed by atoms with van der Waals surface area (Å²) in [4.78, 5) is 38.9. The predicted molar refractivity (Wildman–Crippen MR) is 87.7 cm³/mol. The number of thiophene rings is 1. The standard InChI is InChI=1S/C17H20N2O3S/c20-15(18-9-7-12-4-3-11-23-12)8-10-19-16(21)13-5-1-2-6-14(13)17(19)22/h1-4,11,13-14H,5-10H2,(H,18,20)/t13-,14-/m1/s1. The summed E-state index contributed by atoms with van der Waals surface area (Å²) in [5, 5.41) is 4.85. The third-order valence-corrected chi connectivity index (χ3v) is 5.37. The fourth-order valence-corrected chi connectivity index (χ4v) is 3.88. The summed E-state index contributed by atoms with van der Waals surface area (Å²) in [6.07, 6.45) is 6.19. The molecule has 2 heterocycles. The normalized spacial score (nSPS) is 23.2. The summed E-state index contributed by atoms with van der Waals surface area (Å²) >= 11 is 1.67. The average molecular weight is 332 g/mol. The average Bonchev–Trinajstić information content (AvgIpc) is 3.15. The van der Waals surface area contributed by atoms with Crippen molar-refractivity contribution >= 4 is 29.1 Å². The number of amides is 3. The van der Waals surface area contributed by atoms with Crippen LogP contribution in [-0.2, 0) is 20.8 Å².